The van der Waals surface area contributed by atoms with E-state index in [4.69, 9.17) is 0 Å². The maximum atomic E-state index is 11.9. The number of thiophene rings is 1. The summed E-state index contributed by atoms with van der Waals surface area (Å²) >= 11 is 1.43. The Labute approximate surface area is 137 Å². The Morgan fingerprint density at radius 3 is 2.83 bits per heavy atom. The number of nitrogens with zero attached hydrogens (tertiary/aromatic N) is 1. The van der Waals surface area contributed by atoms with E-state index in [0.717, 1.165) is 10.4 Å². The fraction of sp³-hybridized carbons (Fsp3) is 0.312. The number of carbonyl (C=O) groups excluding carboxylic acids is 1. The van der Waals surface area contributed by atoms with Crippen LogP contribution < -0.4 is 5.32 Å². The SMILES string of the molecule is CC(O)(CNC(=O)CCc1cccc([N+](=O)[O-])c1)c1cccs1. The molecule has 7 heteroatoms. The van der Waals surface area contributed by atoms with Gasteiger partial charge in [-0.05, 0) is 30.4 Å². The van der Waals surface area contributed by atoms with Gasteiger partial charge in [0.25, 0.3) is 5.69 Å². The molecule has 0 bridgehead atoms. The van der Waals surface area contributed by atoms with Crippen LogP contribution in [-0.4, -0.2) is 22.5 Å². The van der Waals surface area contributed by atoms with E-state index in [9.17, 15) is 20.0 Å². The van der Waals surface area contributed by atoms with Crippen LogP contribution in [0.2, 0.25) is 0 Å². The molecule has 6 nitrogen and oxygen atoms in total. The average Bonchev–Trinajstić information content (AvgIpc) is 3.06. The van der Waals surface area contributed by atoms with Crippen LogP contribution in [0.25, 0.3) is 0 Å². The van der Waals surface area contributed by atoms with Crippen molar-refractivity contribution in [3.63, 3.8) is 0 Å². The first-order chi connectivity index (χ1) is 10.9. The first-order valence-corrected chi connectivity index (χ1v) is 8.03. The van der Waals surface area contributed by atoms with E-state index in [-0.39, 0.29) is 24.6 Å². The zero-order valence-corrected chi connectivity index (χ0v) is 13.5. The summed E-state index contributed by atoms with van der Waals surface area (Å²) in [7, 11) is 0. The standard InChI is InChI=1S/C16H18N2O4S/c1-16(20,14-6-3-9-23-14)11-17-15(19)8-7-12-4-2-5-13(10-12)18(21)22/h2-6,9-10,20H,7-8,11H2,1H3,(H,17,19). The fourth-order valence-electron chi connectivity index (χ4n) is 2.11. The van der Waals surface area contributed by atoms with E-state index >= 15 is 0 Å². The molecular weight excluding hydrogens is 316 g/mol. The third kappa shape index (κ3) is 4.87. The molecule has 0 fully saturated rings. The largest absolute Gasteiger partial charge is 0.383 e. The molecule has 0 saturated heterocycles. The molecule has 1 aromatic heterocycles. The number of nitrogens with one attached hydrogen (secondary N) is 1. The van der Waals surface area contributed by atoms with Crippen molar-refractivity contribution in [2.45, 2.75) is 25.4 Å². The molecule has 1 aromatic carbocycles. The molecule has 1 amide bonds. The Bertz CT molecular complexity index is 683. The highest BCUT2D eigenvalue weighted by atomic mass is 32.1. The number of aliphatic hydroxyl groups is 1. The lowest BCUT2D eigenvalue weighted by Gasteiger charge is -2.22. The summed E-state index contributed by atoms with van der Waals surface area (Å²) < 4.78 is 0. The van der Waals surface area contributed by atoms with Gasteiger partial charge in [-0.25, -0.2) is 0 Å². The number of nitro groups is 1. The summed E-state index contributed by atoms with van der Waals surface area (Å²) in [5.41, 5.74) is -0.349. The van der Waals surface area contributed by atoms with Crippen molar-refractivity contribution in [1.29, 1.82) is 0 Å². The highest BCUT2D eigenvalue weighted by molar-refractivity contribution is 7.10. The smallest absolute Gasteiger partial charge is 0.269 e. The van der Waals surface area contributed by atoms with Gasteiger partial charge in [0.15, 0.2) is 0 Å². The molecule has 0 radical (unpaired) electrons. The number of rotatable bonds is 7. The third-order valence-corrected chi connectivity index (χ3v) is 4.57. The van der Waals surface area contributed by atoms with Crippen molar-refractivity contribution in [3.8, 4) is 0 Å². The minimum atomic E-state index is -1.10. The van der Waals surface area contributed by atoms with Crippen LogP contribution in [0.1, 0.15) is 23.8 Å². The summed E-state index contributed by atoms with van der Waals surface area (Å²) in [6, 6.07) is 9.91. The van der Waals surface area contributed by atoms with E-state index in [1.165, 1.54) is 23.5 Å². The predicted molar refractivity (Wildman–Crippen MR) is 88.3 cm³/mol. The minimum absolute atomic E-state index is 0.0172. The van der Waals surface area contributed by atoms with Crippen LogP contribution in [0.3, 0.4) is 0 Å². The number of aryl methyl sites for hydroxylation is 1. The molecule has 1 unspecified atom stereocenters. The number of non-ortho nitro benzene ring substituents is 1. The van der Waals surface area contributed by atoms with Gasteiger partial charge in [0.2, 0.25) is 5.91 Å². The monoisotopic (exact) mass is 334 g/mol. The molecule has 122 valence electrons. The zero-order valence-electron chi connectivity index (χ0n) is 12.7. The van der Waals surface area contributed by atoms with Gasteiger partial charge in [0.1, 0.15) is 5.60 Å². The molecule has 1 atom stereocenters. The quantitative estimate of drug-likeness (QED) is 0.601. The van der Waals surface area contributed by atoms with E-state index in [1.807, 2.05) is 17.5 Å². The molecule has 2 aromatic rings. The summed E-state index contributed by atoms with van der Waals surface area (Å²) in [4.78, 5) is 22.9. The highest BCUT2D eigenvalue weighted by Crippen LogP contribution is 2.24. The number of carbonyl (C=O) groups is 1. The second-order valence-electron chi connectivity index (χ2n) is 5.45. The summed E-state index contributed by atoms with van der Waals surface area (Å²) in [6.07, 6.45) is 0.621. The van der Waals surface area contributed by atoms with Crippen molar-refractivity contribution >= 4 is 22.9 Å². The van der Waals surface area contributed by atoms with E-state index in [1.54, 1.807) is 19.1 Å². The molecule has 2 N–H and O–H groups in total. The number of hydrogen-bond acceptors (Lipinski definition) is 5. The van der Waals surface area contributed by atoms with Crippen LogP contribution in [0.5, 0.6) is 0 Å². The van der Waals surface area contributed by atoms with Gasteiger partial charge in [-0.15, -0.1) is 11.3 Å². The molecule has 0 aliphatic rings. The Balaban J connectivity index is 1.84. The van der Waals surface area contributed by atoms with E-state index < -0.39 is 10.5 Å². The van der Waals surface area contributed by atoms with Crippen LogP contribution in [-0.2, 0) is 16.8 Å². The lowest BCUT2D eigenvalue weighted by Crippen LogP contribution is -2.38. The van der Waals surface area contributed by atoms with Gasteiger partial charge in [0.05, 0.1) is 11.5 Å². The van der Waals surface area contributed by atoms with Gasteiger partial charge in [-0.3, -0.25) is 14.9 Å². The summed E-state index contributed by atoms with van der Waals surface area (Å²) in [5.74, 6) is -0.201. The van der Waals surface area contributed by atoms with E-state index in [0.29, 0.717) is 6.42 Å². The van der Waals surface area contributed by atoms with Crippen LogP contribution in [0, 0.1) is 10.1 Å². The van der Waals surface area contributed by atoms with Gasteiger partial charge in [0, 0.05) is 23.4 Å². The number of hydrogen-bond donors (Lipinski definition) is 2. The normalized spacial score (nSPS) is 13.3. The first kappa shape index (κ1) is 17.1. The maximum Gasteiger partial charge on any atom is 0.269 e. The van der Waals surface area contributed by atoms with Crippen molar-refractivity contribution in [2.75, 3.05) is 6.54 Å². The molecule has 2 rings (SSSR count). The van der Waals surface area contributed by atoms with Crippen LogP contribution >= 0.6 is 11.3 Å². The predicted octanol–water partition coefficient (Wildman–Crippen LogP) is 2.61. The Morgan fingerprint density at radius 2 is 2.17 bits per heavy atom. The van der Waals surface area contributed by atoms with Crippen molar-refractivity contribution in [3.05, 3.63) is 62.3 Å². The molecule has 0 spiro atoms. The van der Waals surface area contributed by atoms with Crippen LogP contribution in [0.15, 0.2) is 41.8 Å². The second-order valence-corrected chi connectivity index (χ2v) is 6.40. The van der Waals surface area contributed by atoms with Crippen LogP contribution in [0.4, 0.5) is 5.69 Å². The van der Waals surface area contributed by atoms with Crippen molar-refractivity contribution in [2.24, 2.45) is 0 Å². The highest BCUT2D eigenvalue weighted by Gasteiger charge is 2.24. The van der Waals surface area contributed by atoms with Gasteiger partial charge >= 0.3 is 0 Å². The van der Waals surface area contributed by atoms with E-state index in [2.05, 4.69) is 5.32 Å². The lowest BCUT2D eigenvalue weighted by molar-refractivity contribution is -0.384. The van der Waals surface area contributed by atoms with Gasteiger partial charge in [-0.1, -0.05) is 18.2 Å². The first-order valence-electron chi connectivity index (χ1n) is 7.15. The summed E-state index contributed by atoms with van der Waals surface area (Å²) in [6.45, 7) is 1.78. The molecule has 23 heavy (non-hydrogen) atoms. The lowest BCUT2D eigenvalue weighted by atomic mass is 10.0. The molecular formula is C16H18N2O4S. The van der Waals surface area contributed by atoms with Gasteiger partial charge < -0.3 is 10.4 Å². The maximum absolute atomic E-state index is 11.9. The molecule has 0 aliphatic heterocycles. The number of nitro benzene ring substituents is 1. The zero-order chi connectivity index (χ0) is 16.9. The molecule has 0 aliphatic carbocycles. The number of amides is 1. The average molecular weight is 334 g/mol. The van der Waals surface area contributed by atoms with Crippen molar-refractivity contribution < 1.29 is 14.8 Å². The minimum Gasteiger partial charge on any atom is -0.383 e. The fourth-order valence-corrected chi connectivity index (χ4v) is 2.90. The molecule has 1 heterocycles. The van der Waals surface area contributed by atoms with Gasteiger partial charge in [-0.2, -0.15) is 0 Å². The summed E-state index contributed by atoms with van der Waals surface area (Å²) in [5, 5.41) is 25.6. The number of benzene rings is 1. The Morgan fingerprint density at radius 1 is 1.39 bits per heavy atom. The Hall–Kier alpha value is -2.25. The third-order valence-electron chi connectivity index (χ3n) is 3.44. The Kier molecular flexibility index (Phi) is 5.46. The molecule has 0 saturated carbocycles. The second kappa shape index (κ2) is 7.34. The topological polar surface area (TPSA) is 92.5 Å². The van der Waals surface area contributed by atoms with Crippen molar-refractivity contribution in [1.82, 2.24) is 5.32 Å².